The number of carbonyl (C=O) groups is 1. The molecule has 2 N–H and O–H groups in total. The van der Waals surface area contributed by atoms with E-state index < -0.39 is 5.60 Å². The standard InChI is InChI=1S/C19H36N2O2/c1-15(2)16-9-8-10-17(12-11-16)20-13-6-7-14-21-18(22)23-19(3,4)5/h6-7,15-17,20H,8-14H2,1-5H3,(H,21,22)/b7-6+. The molecule has 1 aliphatic rings. The molecule has 0 bridgehead atoms. The van der Waals surface area contributed by atoms with Gasteiger partial charge in [-0.25, -0.2) is 4.79 Å². The van der Waals surface area contributed by atoms with Crippen LogP contribution >= 0.6 is 0 Å². The highest BCUT2D eigenvalue weighted by atomic mass is 16.6. The predicted molar refractivity (Wildman–Crippen MR) is 96.6 cm³/mol. The molecule has 0 aromatic carbocycles. The third-order valence-electron chi connectivity index (χ3n) is 4.41. The van der Waals surface area contributed by atoms with Gasteiger partial charge in [0.2, 0.25) is 0 Å². The van der Waals surface area contributed by atoms with Crippen molar-refractivity contribution >= 4 is 6.09 Å². The summed E-state index contributed by atoms with van der Waals surface area (Å²) in [7, 11) is 0. The quantitative estimate of drug-likeness (QED) is 0.567. The Bertz CT molecular complexity index is 372. The van der Waals surface area contributed by atoms with E-state index in [4.69, 9.17) is 4.74 Å². The number of hydrogen-bond acceptors (Lipinski definition) is 3. The van der Waals surface area contributed by atoms with Crippen molar-refractivity contribution in [3.05, 3.63) is 12.2 Å². The van der Waals surface area contributed by atoms with Crippen LogP contribution < -0.4 is 10.6 Å². The normalized spacial score (nSPS) is 23.0. The SMILES string of the molecule is CC(C)C1CCCC(NC/C=C/CNC(=O)OC(C)(C)C)CC1. The molecule has 1 rings (SSSR count). The lowest BCUT2D eigenvalue weighted by Crippen LogP contribution is -2.32. The summed E-state index contributed by atoms with van der Waals surface area (Å²) < 4.78 is 5.18. The first-order chi connectivity index (χ1) is 10.8. The van der Waals surface area contributed by atoms with E-state index >= 15 is 0 Å². The van der Waals surface area contributed by atoms with Crippen LogP contribution in [0.4, 0.5) is 4.79 Å². The lowest BCUT2D eigenvalue weighted by atomic mass is 9.89. The largest absolute Gasteiger partial charge is 0.444 e. The van der Waals surface area contributed by atoms with Crippen LogP contribution in [0.25, 0.3) is 0 Å². The second kappa shape index (κ2) is 9.96. The summed E-state index contributed by atoms with van der Waals surface area (Å²) in [4.78, 5) is 11.5. The average Bonchev–Trinajstić information content (AvgIpc) is 2.66. The van der Waals surface area contributed by atoms with Crippen LogP contribution in [0.5, 0.6) is 0 Å². The van der Waals surface area contributed by atoms with Crippen LogP contribution in [0, 0.1) is 11.8 Å². The number of ether oxygens (including phenoxy) is 1. The molecule has 1 aliphatic carbocycles. The number of amides is 1. The number of hydrogen-bond donors (Lipinski definition) is 2. The van der Waals surface area contributed by atoms with E-state index in [-0.39, 0.29) is 6.09 Å². The average molecular weight is 325 g/mol. The van der Waals surface area contributed by atoms with Gasteiger partial charge in [0.15, 0.2) is 0 Å². The van der Waals surface area contributed by atoms with Crippen molar-refractivity contribution in [2.75, 3.05) is 13.1 Å². The zero-order chi connectivity index (χ0) is 17.3. The zero-order valence-corrected chi connectivity index (χ0v) is 15.7. The van der Waals surface area contributed by atoms with E-state index in [1.54, 1.807) is 0 Å². The van der Waals surface area contributed by atoms with Gasteiger partial charge in [-0.2, -0.15) is 0 Å². The molecule has 0 saturated heterocycles. The number of alkyl carbamates (subject to hydrolysis) is 1. The summed E-state index contributed by atoms with van der Waals surface area (Å²) in [5.41, 5.74) is -0.442. The highest BCUT2D eigenvalue weighted by molar-refractivity contribution is 5.67. The molecule has 4 nitrogen and oxygen atoms in total. The van der Waals surface area contributed by atoms with Crippen LogP contribution in [0.2, 0.25) is 0 Å². The fourth-order valence-electron chi connectivity index (χ4n) is 3.06. The Hall–Kier alpha value is -1.03. The second-order valence-corrected chi connectivity index (χ2v) is 7.97. The molecule has 1 saturated carbocycles. The van der Waals surface area contributed by atoms with Crippen molar-refractivity contribution in [2.45, 2.75) is 78.4 Å². The number of nitrogens with one attached hydrogen (secondary N) is 2. The molecule has 23 heavy (non-hydrogen) atoms. The minimum absolute atomic E-state index is 0.362. The van der Waals surface area contributed by atoms with Gasteiger partial charge in [-0.1, -0.05) is 38.8 Å². The minimum atomic E-state index is -0.442. The van der Waals surface area contributed by atoms with Crippen molar-refractivity contribution in [3.63, 3.8) is 0 Å². The van der Waals surface area contributed by atoms with Crippen LogP contribution in [0.1, 0.15) is 66.7 Å². The Morgan fingerprint density at radius 3 is 2.48 bits per heavy atom. The summed E-state index contributed by atoms with van der Waals surface area (Å²) in [5, 5.41) is 6.35. The molecule has 0 aromatic heterocycles. The Balaban J connectivity index is 2.13. The summed E-state index contributed by atoms with van der Waals surface area (Å²) >= 11 is 0. The molecule has 4 heteroatoms. The van der Waals surface area contributed by atoms with Crippen molar-refractivity contribution in [2.24, 2.45) is 11.8 Å². The number of rotatable bonds is 6. The molecule has 0 radical (unpaired) electrons. The first-order valence-electron chi connectivity index (χ1n) is 9.13. The van der Waals surface area contributed by atoms with Crippen molar-refractivity contribution in [3.8, 4) is 0 Å². The Morgan fingerprint density at radius 2 is 1.83 bits per heavy atom. The first kappa shape index (κ1) is 20.0. The molecule has 1 amide bonds. The fraction of sp³-hybridized carbons (Fsp3) is 0.842. The predicted octanol–water partition coefficient (Wildman–Crippen LogP) is 4.26. The van der Waals surface area contributed by atoms with E-state index in [1.807, 2.05) is 26.8 Å². The molecule has 0 aromatic rings. The van der Waals surface area contributed by atoms with Crippen LogP contribution in [-0.4, -0.2) is 30.8 Å². The van der Waals surface area contributed by atoms with E-state index in [9.17, 15) is 4.79 Å². The Kier molecular flexibility index (Phi) is 8.67. The minimum Gasteiger partial charge on any atom is -0.444 e. The molecular formula is C19H36N2O2. The smallest absolute Gasteiger partial charge is 0.407 e. The monoisotopic (exact) mass is 324 g/mol. The lowest BCUT2D eigenvalue weighted by Gasteiger charge is -2.19. The van der Waals surface area contributed by atoms with Crippen LogP contribution in [0.3, 0.4) is 0 Å². The third kappa shape index (κ3) is 9.65. The maximum atomic E-state index is 11.5. The topological polar surface area (TPSA) is 50.4 Å². The molecule has 0 heterocycles. The maximum Gasteiger partial charge on any atom is 0.407 e. The van der Waals surface area contributed by atoms with Gasteiger partial charge >= 0.3 is 6.09 Å². The van der Waals surface area contributed by atoms with Gasteiger partial charge in [0.05, 0.1) is 0 Å². The molecule has 0 spiro atoms. The van der Waals surface area contributed by atoms with Crippen LogP contribution in [0.15, 0.2) is 12.2 Å². The summed E-state index contributed by atoms with van der Waals surface area (Å²) in [6, 6.07) is 0.641. The van der Waals surface area contributed by atoms with Gasteiger partial charge in [-0.05, 0) is 51.9 Å². The molecule has 134 valence electrons. The van der Waals surface area contributed by atoms with E-state index in [1.165, 1.54) is 32.1 Å². The Labute approximate surface area is 142 Å². The lowest BCUT2D eigenvalue weighted by molar-refractivity contribution is 0.0534. The van der Waals surface area contributed by atoms with Crippen LogP contribution in [-0.2, 0) is 4.74 Å². The summed E-state index contributed by atoms with van der Waals surface area (Å²) in [6.45, 7) is 11.7. The molecule has 0 aliphatic heterocycles. The number of carbonyl (C=O) groups excluding carboxylic acids is 1. The maximum absolute atomic E-state index is 11.5. The van der Waals surface area contributed by atoms with Gasteiger partial charge in [0, 0.05) is 19.1 Å². The summed E-state index contributed by atoms with van der Waals surface area (Å²) in [5.74, 6) is 1.71. The van der Waals surface area contributed by atoms with Gasteiger partial charge in [-0.3, -0.25) is 0 Å². The van der Waals surface area contributed by atoms with E-state index in [2.05, 4.69) is 30.6 Å². The van der Waals surface area contributed by atoms with Gasteiger partial charge in [-0.15, -0.1) is 0 Å². The van der Waals surface area contributed by atoms with Crippen molar-refractivity contribution in [1.29, 1.82) is 0 Å². The van der Waals surface area contributed by atoms with E-state index in [0.29, 0.717) is 12.6 Å². The van der Waals surface area contributed by atoms with Gasteiger partial charge in [0.25, 0.3) is 0 Å². The zero-order valence-electron chi connectivity index (χ0n) is 15.7. The van der Waals surface area contributed by atoms with E-state index in [0.717, 1.165) is 18.4 Å². The highest BCUT2D eigenvalue weighted by Gasteiger charge is 2.20. The van der Waals surface area contributed by atoms with Crippen molar-refractivity contribution < 1.29 is 9.53 Å². The molecule has 2 atom stereocenters. The summed E-state index contributed by atoms with van der Waals surface area (Å²) in [6.07, 6.45) is 10.3. The fourth-order valence-corrected chi connectivity index (χ4v) is 3.06. The molecule has 1 fully saturated rings. The molecule has 2 unspecified atom stereocenters. The third-order valence-corrected chi connectivity index (χ3v) is 4.41. The first-order valence-corrected chi connectivity index (χ1v) is 9.13. The van der Waals surface area contributed by atoms with Crippen molar-refractivity contribution in [1.82, 2.24) is 10.6 Å². The Morgan fingerprint density at radius 1 is 1.13 bits per heavy atom. The molecular weight excluding hydrogens is 288 g/mol. The van der Waals surface area contributed by atoms with Gasteiger partial charge in [0.1, 0.15) is 5.60 Å². The second-order valence-electron chi connectivity index (χ2n) is 7.97. The van der Waals surface area contributed by atoms with Gasteiger partial charge < -0.3 is 15.4 Å². The highest BCUT2D eigenvalue weighted by Crippen LogP contribution is 2.28.